The first-order valence-electron chi connectivity index (χ1n) is 4.37. The third-order valence-corrected chi connectivity index (χ3v) is 2.19. The van der Waals surface area contributed by atoms with Crippen LogP contribution < -0.4 is 14.3 Å². The van der Waals surface area contributed by atoms with E-state index in [-0.39, 0.29) is 0 Å². The molecule has 0 saturated carbocycles. The van der Waals surface area contributed by atoms with E-state index >= 15 is 0 Å². The van der Waals surface area contributed by atoms with Gasteiger partial charge in [0.1, 0.15) is 12.9 Å². The maximum Gasteiger partial charge on any atom is 0.230 e. The maximum atomic E-state index is 5.25. The molecule has 72 valence electrons. The summed E-state index contributed by atoms with van der Waals surface area (Å²) in [7, 11) is 3.30. The molecule has 3 nitrogen and oxygen atoms in total. The van der Waals surface area contributed by atoms with Crippen molar-refractivity contribution >= 4 is 10.8 Å². The van der Waals surface area contributed by atoms with Crippen LogP contribution in [0.5, 0.6) is 5.75 Å². The van der Waals surface area contributed by atoms with Crippen molar-refractivity contribution in [1.29, 1.82) is 0 Å². The Hall–Kier alpha value is -1.77. The van der Waals surface area contributed by atoms with E-state index in [1.54, 1.807) is 19.0 Å². The molecule has 0 atom stereocenters. The number of hydrogen-bond donors (Lipinski definition) is 0. The van der Waals surface area contributed by atoms with Crippen LogP contribution in [0.2, 0.25) is 0 Å². The highest BCUT2D eigenvalue weighted by atomic mass is 16.6. The first kappa shape index (κ1) is 8.81. The second-order valence-corrected chi connectivity index (χ2v) is 2.95. The van der Waals surface area contributed by atoms with Crippen LogP contribution in [0.3, 0.4) is 0 Å². The number of benzene rings is 1. The smallest absolute Gasteiger partial charge is 0.230 e. The lowest BCUT2D eigenvalue weighted by Gasteiger charge is -2.02. The fraction of sp³-hybridized carbons (Fsp3) is 0.182. The zero-order valence-electron chi connectivity index (χ0n) is 8.23. The monoisotopic (exact) mass is 190 g/mol. The second-order valence-electron chi connectivity index (χ2n) is 2.95. The molecule has 0 saturated heterocycles. The minimum atomic E-state index is 0.880. The molecular formula is C11H12NO2+. The number of rotatable bonds is 2. The van der Waals surface area contributed by atoms with Crippen LogP contribution in [-0.4, -0.2) is 14.2 Å². The Morgan fingerprint density at radius 2 is 2.00 bits per heavy atom. The van der Waals surface area contributed by atoms with Crippen LogP contribution in [0.15, 0.2) is 36.7 Å². The van der Waals surface area contributed by atoms with Gasteiger partial charge in [-0.3, -0.25) is 4.84 Å². The highest BCUT2D eigenvalue weighted by molar-refractivity contribution is 5.86. The number of nitrogens with zero attached hydrogens (tertiary/aromatic N) is 1. The van der Waals surface area contributed by atoms with Crippen LogP contribution in [0.1, 0.15) is 0 Å². The summed E-state index contributed by atoms with van der Waals surface area (Å²) in [6.07, 6.45) is 3.77. The third kappa shape index (κ3) is 1.37. The molecular weight excluding hydrogens is 178 g/mol. The summed E-state index contributed by atoms with van der Waals surface area (Å²) in [5.74, 6) is 0.880. The van der Waals surface area contributed by atoms with Gasteiger partial charge in [0.15, 0.2) is 0 Å². The average Bonchev–Trinajstić information content (AvgIpc) is 2.27. The highest BCUT2D eigenvalue weighted by Gasteiger charge is 2.05. The van der Waals surface area contributed by atoms with Crippen molar-refractivity contribution in [2.45, 2.75) is 0 Å². The molecule has 14 heavy (non-hydrogen) atoms. The molecule has 0 bridgehead atoms. The van der Waals surface area contributed by atoms with Crippen molar-refractivity contribution < 1.29 is 14.3 Å². The molecule has 2 rings (SSSR count). The van der Waals surface area contributed by atoms with Gasteiger partial charge in [0, 0.05) is 16.2 Å². The highest BCUT2D eigenvalue weighted by Crippen LogP contribution is 2.23. The van der Waals surface area contributed by atoms with Crippen LogP contribution in [0, 0.1) is 0 Å². The molecule has 2 aromatic rings. The minimum Gasteiger partial charge on any atom is -0.496 e. The van der Waals surface area contributed by atoms with Gasteiger partial charge in [0.2, 0.25) is 12.4 Å². The molecule has 0 aliphatic heterocycles. The van der Waals surface area contributed by atoms with E-state index in [9.17, 15) is 0 Å². The lowest BCUT2D eigenvalue weighted by molar-refractivity contribution is -0.884. The molecule has 0 aliphatic rings. The maximum absolute atomic E-state index is 5.25. The van der Waals surface area contributed by atoms with Crippen molar-refractivity contribution in [2.24, 2.45) is 0 Å². The molecule has 0 amide bonds. The van der Waals surface area contributed by atoms with Crippen molar-refractivity contribution in [1.82, 2.24) is 0 Å². The topological polar surface area (TPSA) is 22.3 Å². The summed E-state index contributed by atoms with van der Waals surface area (Å²) in [6, 6.07) is 7.89. The molecule has 0 spiro atoms. The van der Waals surface area contributed by atoms with E-state index in [2.05, 4.69) is 0 Å². The molecule has 1 heterocycles. The summed E-state index contributed by atoms with van der Waals surface area (Å²) in [5, 5.41) is 2.18. The number of aromatic nitrogens is 1. The van der Waals surface area contributed by atoms with Gasteiger partial charge in [0.25, 0.3) is 0 Å². The van der Waals surface area contributed by atoms with Crippen LogP contribution in [0.25, 0.3) is 10.8 Å². The molecule has 0 radical (unpaired) electrons. The van der Waals surface area contributed by atoms with E-state index in [4.69, 9.17) is 9.57 Å². The Morgan fingerprint density at radius 1 is 1.14 bits per heavy atom. The van der Waals surface area contributed by atoms with E-state index in [0.717, 1.165) is 16.5 Å². The standard InChI is InChI=1S/C11H12NO2/c1-13-11-5-3-4-9-8-12(14-2)7-6-10(9)11/h3-8H,1-2H3/q+1. The number of pyridine rings is 1. The van der Waals surface area contributed by atoms with Crippen molar-refractivity contribution in [3.63, 3.8) is 0 Å². The third-order valence-electron chi connectivity index (χ3n) is 2.19. The Balaban J connectivity index is 2.67. The van der Waals surface area contributed by atoms with Crippen LogP contribution in [0.4, 0.5) is 0 Å². The van der Waals surface area contributed by atoms with Gasteiger partial charge in [-0.05, 0) is 12.1 Å². The van der Waals surface area contributed by atoms with Gasteiger partial charge < -0.3 is 4.74 Å². The fourth-order valence-corrected chi connectivity index (χ4v) is 1.47. The van der Waals surface area contributed by atoms with Gasteiger partial charge in [-0.1, -0.05) is 6.07 Å². The minimum absolute atomic E-state index is 0.880. The number of fused-ring (bicyclic) bond motifs is 1. The van der Waals surface area contributed by atoms with E-state index < -0.39 is 0 Å². The molecule has 0 fully saturated rings. The van der Waals surface area contributed by atoms with Gasteiger partial charge in [-0.15, -0.1) is 0 Å². The Morgan fingerprint density at radius 3 is 2.71 bits per heavy atom. The lowest BCUT2D eigenvalue weighted by atomic mass is 10.1. The quantitative estimate of drug-likeness (QED) is 0.664. The molecule has 0 N–H and O–H groups in total. The summed E-state index contributed by atoms with van der Waals surface area (Å²) in [4.78, 5) is 5.07. The van der Waals surface area contributed by atoms with Gasteiger partial charge in [-0.2, -0.15) is 0 Å². The first-order valence-corrected chi connectivity index (χ1v) is 4.37. The van der Waals surface area contributed by atoms with E-state index in [0.29, 0.717) is 0 Å². The molecule has 0 unspecified atom stereocenters. The average molecular weight is 190 g/mol. The largest absolute Gasteiger partial charge is 0.496 e. The summed E-state index contributed by atoms with van der Waals surface area (Å²) < 4.78 is 6.91. The number of hydrogen-bond acceptors (Lipinski definition) is 2. The Labute approximate surface area is 82.5 Å². The summed E-state index contributed by atoms with van der Waals surface area (Å²) in [6.45, 7) is 0. The van der Waals surface area contributed by atoms with Crippen LogP contribution in [-0.2, 0) is 0 Å². The Kier molecular flexibility index (Phi) is 2.23. The lowest BCUT2D eigenvalue weighted by Crippen LogP contribution is -2.39. The first-order chi connectivity index (χ1) is 6.85. The normalized spacial score (nSPS) is 10.1. The zero-order chi connectivity index (χ0) is 9.97. The van der Waals surface area contributed by atoms with Gasteiger partial charge in [-0.25, -0.2) is 0 Å². The number of methoxy groups -OCH3 is 1. The molecule has 0 aliphatic carbocycles. The molecule has 3 heteroatoms. The summed E-state index contributed by atoms with van der Waals surface area (Å²) in [5.41, 5.74) is 0. The van der Waals surface area contributed by atoms with Crippen molar-refractivity contribution in [2.75, 3.05) is 14.2 Å². The predicted molar refractivity (Wildman–Crippen MR) is 53.2 cm³/mol. The van der Waals surface area contributed by atoms with E-state index in [1.807, 2.05) is 36.7 Å². The van der Waals surface area contributed by atoms with Gasteiger partial charge >= 0.3 is 0 Å². The second kappa shape index (κ2) is 3.54. The zero-order valence-corrected chi connectivity index (χ0v) is 8.23. The van der Waals surface area contributed by atoms with Crippen LogP contribution >= 0.6 is 0 Å². The SMILES string of the molecule is COc1cccc2c[n+](OC)ccc12. The van der Waals surface area contributed by atoms with Crippen molar-refractivity contribution in [3.05, 3.63) is 36.7 Å². The summed E-state index contributed by atoms with van der Waals surface area (Å²) >= 11 is 0. The molecule has 1 aromatic heterocycles. The number of ether oxygens (including phenoxy) is 1. The predicted octanol–water partition coefficient (Wildman–Crippen LogP) is 1.19. The van der Waals surface area contributed by atoms with Crippen molar-refractivity contribution in [3.8, 4) is 5.75 Å². The van der Waals surface area contributed by atoms with E-state index in [1.165, 1.54) is 0 Å². The molecule has 1 aromatic carbocycles. The Bertz CT molecular complexity index is 454. The fourth-order valence-electron chi connectivity index (χ4n) is 1.47. The van der Waals surface area contributed by atoms with Gasteiger partial charge in [0.05, 0.1) is 12.5 Å².